The first-order valence-corrected chi connectivity index (χ1v) is 9.85. The Morgan fingerprint density at radius 2 is 1.86 bits per heavy atom. The fourth-order valence-corrected chi connectivity index (χ4v) is 4.41. The fraction of sp³-hybridized carbons (Fsp3) is 0.412. The largest absolute Gasteiger partial charge is 0.497 e. The van der Waals surface area contributed by atoms with Gasteiger partial charge in [0.15, 0.2) is 12.4 Å². The summed E-state index contributed by atoms with van der Waals surface area (Å²) in [5.41, 5.74) is -0.707. The van der Waals surface area contributed by atoms with Crippen LogP contribution in [0.5, 0.6) is 11.6 Å². The number of carbonyl (C=O) groups is 1. The fourth-order valence-electron chi connectivity index (χ4n) is 2.95. The lowest BCUT2D eigenvalue weighted by molar-refractivity contribution is -0.141. The number of rotatable bonds is 5. The number of benzene rings is 1. The Morgan fingerprint density at radius 3 is 2.38 bits per heavy atom. The molecule has 1 aliphatic heterocycles. The number of ether oxygens (including phenoxy) is 2. The van der Waals surface area contributed by atoms with Crippen molar-refractivity contribution < 1.29 is 35.9 Å². The number of fused-ring (bicyclic) bond motifs is 1. The summed E-state index contributed by atoms with van der Waals surface area (Å²) in [5, 5.41) is 3.28. The molecule has 0 aliphatic carbocycles. The van der Waals surface area contributed by atoms with E-state index in [1.165, 1.54) is 20.2 Å². The van der Waals surface area contributed by atoms with E-state index in [-0.39, 0.29) is 28.0 Å². The molecule has 0 saturated heterocycles. The van der Waals surface area contributed by atoms with E-state index in [0.717, 1.165) is 4.68 Å². The van der Waals surface area contributed by atoms with Crippen molar-refractivity contribution in [3.8, 4) is 11.6 Å². The number of hydrogen-bond donors (Lipinski definition) is 0. The van der Waals surface area contributed by atoms with E-state index >= 15 is 0 Å². The van der Waals surface area contributed by atoms with Gasteiger partial charge in [0.1, 0.15) is 10.6 Å². The molecule has 0 N–H and O–H groups in total. The molecule has 158 valence electrons. The zero-order valence-electron chi connectivity index (χ0n) is 15.9. The second-order valence-electron chi connectivity index (χ2n) is 6.67. The van der Waals surface area contributed by atoms with E-state index in [4.69, 9.17) is 9.47 Å². The maximum atomic E-state index is 12.9. The molecule has 8 nitrogen and oxygen atoms in total. The van der Waals surface area contributed by atoms with Gasteiger partial charge in [-0.2, -0.15) is 22.6 Å². The average molecular weight is 433 g/mol. The molecule has 3 rings (SSSR count). The number of amides is 1. The summed E-state index contributed by atoms with van der Waals surface area (Å²) in [6.07, 6.45) is -4.69. The molecule has 0 unspecified atom stereocenters. The third kappa shape index (κ3) is 3.52. The smallest absolute Gasteiger partial charge is 0.435 e. The van der Waals surface area contributed by atoms with E-state index in [2.05, 4.69) is 5.10 Å². The van der Waals surface area contributed by atoms with Crippen LogP contribution >= 0.6 is 0 Å². The topological polar surface area (TPSA) is 90.7 Å². The minimum absolute atomic E-state index is 0.00499. The third-order valence-electron chi connectivity index (χ3n) is 4.43. The Balaban J connectivity index is 1.95. The molecular formula is C17H18F3N3O5S. The van der Waals surface area contributed by atoms with Crippen LogP contribution in [0.2, 0.25) is 0 Å². The van der Waals surface area contributed by atoms with Crippen LogP contribution in [0.1, 0.15) is 41.4 Å². The quantitative estimate of drug-likeness (QED) is 0.720. The van der Waals surface area contributed by atoms with Crippen molar-refractivity contribution in [3.05, 3.63) is 35.0 Å². The van der Waals surface area contributed by atoms with Crippen molar-refractivity contribution in [1.82, 2.24) is 14.1 Å². The highest BCUT2D eigenvalue weighted by molar-refractivity contribution is 7.90. The standard InChI is InChI=1S/C17H18F3N3O5S/c1-9(2)11-5-10(27-4)6-12-15(11)16(24)23(29(12,25)26)8-28-14-7-13(17(18,19)20)21-22(14)3/h5-7,9H,8H2,1-4H3. The second kappa shape index (κ2) is 6.94. The van der Waals surface area contributed by atoms with Crippen LogP contribution in [-0.2, 0) is 23.2 Å². The first kappa shape index (κ1) is 21.0. The molecule has 29 heavy (non-hydrogen) atoms. The Hall–Kier alpha value is -2.76. The van der Waals surface area contributed by atoms with E-state index in [9.17, 15) is 26.4 Å². The average Bonchev–Trinajstić information content (AvgIpc) is 3.09. The van der Waals surface area contributed by atoms with Gasteiger partial charge >= 0.3 is 6.18 Å². The molecule has 1 amide bonds. The molecule has 0 radical (unpaired) electrons. The van der Waals surface area contributed by atoms with Crippen molar-refractivity contribution in [2.75, 3.05) is 13.8 Å². The number of methoxy groups -OCH3 is 1. The number of alkyl halides is 3. The number of aryl methyl sites for hydroxylation is 1. The number of aromatic nitrogens is 2. The summed E-state index contributed by atoms with van der Waals surface area (Å²) < 4.78 is 75.7. The second-order valence-corrected chi connectivity index (χ2v) is 8.50. The molecule has 12 heteroatoms. The van der Waals surface area contributed by atoms with E-state index in [1.54, 1.807) is 19.9 Å². The first-order chi connectivity index (χ1) is 13.4. The molecule has 0 spiro atoms. The normalized spacial score (nSPS) is 15.7. The van der Waals surface area contributed by atoms with Gasteiger partial charge in [0.05, 0.1) is 12.7 Å². The Kier molecular flexibility index (Phi) is 5.01. The number of carbonyl (C=O) groups excluding carboxylic acids is 1. The molecule has 0 bridgehead atoms. The van der Waals surface area contributed by atoms with Crippen LogP contribution in [0.15, 0.2) is 23.1 Å². The van der Waals surface area contributed by atoms with Gasteiger partial charge in [0.25, 0.3) is 15.9 Å². The number of nitrogens with zero attached hydrogens (tertiary/aromatic N) is 3. The van der Waals surface area contributed by atoms with E-state index < -0.39 is 34.5 Å². The predicted octanol–water partition coefficient (Wildman–Crippen LogP) is 2.75. The Labute approximate surface area is 164 Å². The number of halogens is 3. The van der Waals surface area contributed by atoms with Gasteiger partial charge in [-0.1, -0.05) is 13.8 Å². The van der Waals surface area contributed by atoms with E-state index in [1.807, 2.05) is 0 Å². The summed E-state index contributed by atoms with van der Waals surface area (Å²) in [6, 6.07) is 3.45. The minimum Gasteiger partial charge on any atom is -0.497 e. The molecule has 1 aliphatic rings. The van der Waals surface area contributed by atoms with Gasteiger partial charge in [0, 0.05) is 19.2 Å². The Bertz CT molecular complexity index is 1080. The van der Waals surface area contributed by atoms with Crippen LogP contribution in [0.4, 0.5) is 13.2 Å². The summed E-state index contributed by atoms with van der Waals surface area (Å²) in [7, 11) is -1.68. The highest BCUT2D eigenvalue weighted by atomic mass is 32.2. The van der Waals surface area contributed by atoms with Gasteiger partial charge in [-0.05, 0) is 17.5 Å². The SMILES string of the molecule is COc1cc(C(C)C)c2c(c1)S(=O)(=O)N(COc1cc(C(F)(F)F)nn1C)C2=O. The van der Waals surface area contributed by atoms with Crippen LogP contribution < -0.4 is 9.47 Å². The highest BCUT2D eigenvalue weighted by Gasteiger charge is 2.44. The Morgan fingerprint density at radius 1 is 1.21 bits per heavy atom. The van der Waals surface area contributed by atoms with Crippen LogP contribution in [0, 0.1) is 0 Å². The van der Waals surface area contributed by atoms with Crippen LogP contribution in [0.25, 0.3) is 0 Å². The number of sulfonamides is 1. The summed E-state index contributed by atoms with van der Waals surface area (Å²) >= 11 is 0. The molecule has 2 heterocycles. The van der Waals surface area contributed by atoms with Gasteiger partial charge in [-0.15, -0.1) is 0 Å². The molecule has 0 saturated carbocycles. The lowest BCUT2D eigenvalue weighted by Crippen LogP contribution is -2.34. The maximum Gasteiger partial charge on any atom is 0.435 e. The van der Waals surface area contributed by atoms with Crippen molar-refractivity contribution in [3.63, 3.8) is 0 Å². The minimum atomic E-state index is -4.69. The molecule has 0 atom stereocenters. The number of hydrogen-bond acceptors (Lipinski definition) is 6. The summed E-state index contributed by atoms with van der Waals surface area (Å²) in [5.74, 6) is -1.05. The highest BCUT2D eigenvalue weighted by Crippen LogP contribution is 2.38. The molecule has 2 aromatic rings. The summed E-state index contributed by atoms with van der Waals surface area (Å²) in [6.45, 7) is 2.79. The van der Waals surface area contributed by atoms with Crippen LogP contribution in [-0.4, -0.2) is 42.3 Å². The van der Waals surface area contributed by atoms with Gasteiger partial charge in [0.2, 0.25) is 5.88 Å². The zero-order chi connectivity index (χ0) is 21.7. The van der Waals surface area contributed by atoms with Gasteiger partial charge in [-0.3, -0.25) is 4.79 Å². The monoisotopic (exact) mass is 433 g/mol. The molecular weight excluding hydrogens is 415 g/mol. The zero-order valence-corrected chi connectivity index (χ0v) is 16.8. The van der Waals surface area contributed by atoms with Crippen LogP contribution in [0.3, 0.4) is 0 Å². The molecule has 0 fully saturated rings. The molecule has 1 aromatic heterocycles. The van der Waals surface area contributed by atoms with E-state index in [0.29, 0.717) is 15.9 Å². The van der Waals surface area contributed by atoms with Crippen molar-refractivity contribution in [2.45, 2.75) is 30.8 Å². The van der Waals surface area contributed by atoms with Crippen molar-refractivity contribution in [1.29, 1.82) is 0 Å². The lowest BCUT2D eigenvalue weighted by Gasteiger charge is -2.15. The molecule has 1 aromatic carbocycles. The maximum absolute atomic E-state index is 12.9. The van der Waals surface area contributed by atoms with Crippen molar-refractivity contribution >= 4 is 15.9 Å². The third-order valence-corrected chi connectivity index (χ3v) is 6.16. The lowest BCUT2D eigenvalue weighted by atomic mass is 9.96. The first-order valence-electron chi connectivity index (χ1n) is 8.41. The van der Waals surface area contributed by atoms with Gasteiger partial charge < -0.3 is 9.47 Å². The summed E-state index contributed by atoms with van der Waals surface area (Å²) in [4.78, 5) is 12.6. The predicted molar refractivity (Wildman–Crippen MR) is 94.1 cm³/mol. The van der Waals surface area contributed by atoms with Gasteiger partial charge in [-0.25, -0.2) is 13.1 Å². The van der Waals surface area contributed by atoms with Crippen molar-refractivity contribution in [2.24, 2.45) is 7.05 Å².